The lowest BCUT2D eigenvalue weighted by molar-refractivity contribution is -0.158. The molecule has 0 N–H and O–H groups in total. The van der Waals surface area contributed by atoms with E-state index in [9.17, 15) is 14.4 Å². The summed E-state index contributed by atoms with van der Waals surface area (Å²) in [5.41, 5.74) is 2.00. The summed E-state index contributed by atoms with van der Waals surface area (Å²) in [5.74, 6) is -0.0915. The van der Waals surface area contributed by atoms with Crippen LogP contribution in [0.2, 0.25) is 0 Å². The van der Waals surface area contributed by atoms with Crippen LogP contribution in [0.4, 0.5) is 10.5 Å². The van der Waals surface area contributed by atoms with Crippen LogP contribution in [-0.4, -0.2) is 47.8 Å². The van der Waals surface area contributed by atoms with Crippen molar-refractivity contribution in [2.45, 2.75) is 51.7 Å². The molecule has 1 fully saturated rings. The average molecular weight is 471 g/mol. The zero-order valence-corrected chi connectivity index (χ0v) is 20.7. The number of rotatable bonds is 8. The number of imide groups is 1. The Balaban J connectivity index is 1.77. The molecule has 0 spiro atoms. The van der Waals surface area contributed by atoms with E-state index in [2.05, 4.69) is 0 Å². The fourth-order valence-electron chi connectivity index (χ4n) is 3.74. The van der Waals surface area contributed by atoms with Gasteiger partial charge in [-0.05, 0) is 81.8 Å². The van der Waals surface area contributed by atoms with E-state index in [1.807, 2.05) is 56.5 Å². The van der Waals surface area contributed by atoms with Gasteiger partial charge < -0.3 is 9.47 Å². The maximum absolute atomic E-state index is 13.0. The van der Waals surface area contributed by atoms with Gasteiger partial charge in [0.25, 0.3) is 5.91 Å². The number of hydrogen-bond donors (Lipinski definition) is 0. The summed E-state index contributed by atoms with van der Waals surface area (Å²) in [6.45, 7) is 9.30. The minimum absolute atomic E-state index is 0.0182. The first-order chi connectivity index (χ1) is 15.6. The predicted octanol–water partition coefficient (Wildman–Crippen LogP) is 4.71. The van der Waals surface area contributed by atoms with Crippen LogP contribution < -0.4 is 9.64 Å². The van der Waals surface area contributed by atoms with E-state index in [1.54, 1.807) is 32.5 Å². The average Bonchev–Trinajstić information content (AvgIpc) is 3.05. The molecule has 0 aromatic heterocycles. The van der Waals surface area contributed by atoms with Crippen molar-refractivity contribution < 1.29 is 23.9 Å². The largest absolute Gasteiger partial charge is 0.476 e. The highest BCUT2D eigenvalue weighted by Gasteiger charge is 2.37. The quantitative estimate of drug-likeness (QED) is 0.316. The number of urea groups is 1. The first-order valence-electron chi connectivity index (χ1n) is 10.8. The van der Waals surface area contributed by atoms with Crippen molar-refractivity contribution in [3.63, 3.8) is 0 Å². The van der Waals surface area contributed by atoms with Gasteiger partial charge in [0, 0.05) is 10.6 Å². The van der Waals surface area contributed by atoms with E-state index in [4.69, 9.17) is 9.47 Å². The van der Waals surface area contributed by atoms with Gasteiger partial charge in [0.1, 0.15) is 12.3 Å². The van der Waals surface area contributed by atoms with Crippen LogP contribution in [0.25, 0.3) is 0 Å². The molecule has 1 heterocycles. The summed E-state index contributed by atoms with van der Waals surface area (Å²) in [5, 5.41) is 0. The van der Waals surface area contributed by atoms with Gasteiger partial charge in [-0.2, -0.15) is 0 Å². The molecule has 0 radical (unpaired) electrons. The number of hydrogen-bond acceptors (Lipinski definition) is 6. The van der Waals surface area contributed by atoms with Crippen molar-refractivity contribution in [2.24, 2.45) is 0 Å². The molecule has 3 rings (SSSR count). The van der Waals surface area contributed by atoms with E-state index < -0.39 is 11.6 Å². The molecule has 0 saturated carbocycles. The molecule has 8 heteroatoms. The lowest BCUT2D eigenvalue weighted by atomic mass is 10.0. The molecule has 0 bridgehead atoms. The number of anilines is 1. The maximum atomic E-state index is 13.0. The molecule has 176 valence electrons. The Bertz CT molecular complexity index is 1040. The summed E-state index contributed by atoms with van der Waals surface area (Å²) < 4.78 is 11.1. The minimum atomic E-state index is -1.14. The van der Waals surface area contributed by atoms with Gasteiger partial charge in [-0.25, -0.2) is 9.59 Å². The molecule has 1 aliphatic heterocycles. The van der Waals surface area contributed by atoms with Crippen LogP contribution in [0.3, 0.4) is 0 Å². The Morgan fingerprint density at radius 3 is 2.24 bits per heavy atom. The third kappa shape index (κ3) is 5.33. The van der Waals surface area contributed by atoms with E-state index in [1.165, 1.54) is 9.80 Å². The molecule has 7 nitrogen and oxygen atoms in total. The van der Waals surface area contributed by atoms with Crippen molar-refractivity contribution in [3.8, 4) is 5.75 Å². The minimum Gasteiger partial charge on any atom is -0.476 e. The molecule has 2 aromatic carbocycles. The van der Waals surface area contributed by atoms with Gasteiger partial charge in [-0.3, -0.25) is 14.6 Å². The summed E-state index contributed by atoms with van der Waals surface area (Å²) in [6.07, 6.45) is 1.99. The maximum Gasteiger partial charge on any atom is 0.349 e. The Morgan fingerprint density at radius 1 is 1.09 bits per heavy atom. The van der Waals surface area contributed by atoms with E-state index >= 15 is 0 Å². The lowest BCUT2D eigenvalue weighted by Crippen LogP contribution is -2.40. The molecule has 1 saturated heterocycles. The normalized spacial score (nSPS) is 14.1. The highest BCUT2D eigenvalue weighted by atomic mass is 32.2. The molecular formula is C25H30N2O5S. The molecule has 0 atom stereocenters. The molecule has 1 aliphatic rings. The number of nitrogens with zero attached hydrogens (tertiary/aromatic N) is 2. The summed E-state index contributed by atoms with van der Waals surface area (Å²) >= 11 is 1.62. The van der Waals surface area contributed by atoms with Crippen LogP contribution in [0.1, 0.15) is 37.5 Å². The Morgan fingerprint density at radius 2 is 1.70 bits per heavy atom. The summed E-state index contributed by atoms with van der Waals surface area (Å²) in [7, 11) is 0. The number of carbonyl (C=O) groups is 3. The third-order valence-electron chi connectivity index (χ3n) is 5.43. The number of esters is 1. The molecule has 33 heavy (non-hydrogen) atoms. The smallest absolute Gasteiger partial charge is 0.349 e. The predicted molar refractivity (Wildman–Crippen MR) is 129 cm³/mol. The van der Waals surface area contributed by atoms with Crippen molar-refractivity contribution in [3.05, 3.63) is 53.1 Å². The molecule has 0 unspecified atom stereocenters. The summed E-state index contributed by atoms with van der Waals surface area (Å²) in [6, 6.07) is 11.0. The second-order valence-corrected chi connectivity index (χ2v) is 9.32. The lowest BCUT2D eigenvalue weighted by Gasteiger charge is -2.26. The van der Waals surface area contributed by atoms with Crippen LogP contribution >= 0.6 is 11.8 Å². The van der Waals surface area contributed by atoms with E-state index in [0.29, 0.717) is 11.4 Å². The Labute approximate surface area is 199 Å². The zero-order chi connectivity index (χ0) is 24.3. The van der Waals surface area contributed by atoms with Gasteiger partial charge in [0.2, 0.25) is 0 Å². The molecule has 0 aliphatic carbocycles. The van der Waals surface area contributed by atoms with Crippen LogP contribution in [-0.2, 0) is 20.9 Å². The first kappa shape index (κ1) is 24.6. The molecule has 3 amide bonds. The van der Waals surface area contributed by atoms with Gasteiger partial charge in [0.05, 0.1) is 13.2 Å². The third-order valence-corrected chi connectivity index (χ3v) is 6.17. The number of ether oxygens (including phenoxy) is 2. The Hall–Kier alpha value is -3.00. The first-order valence-corrected chi connectivity index (χ1v) is 12.0. The second kappa shape index (κ2) is 9.87. The van der Waals surface area contributed by atoms with Crippen molar-refractivity contribution in [2.75, 3.05) is 24.3 Å². The van der Waals surface area contributed by atoms with Gasteiger partial charge >= 0.3 is 12.0 Å². The topological polar surface area (TPSA) is 76.2 Å². The molecule has 2 aromatic rings. The fraction of sp³-hybridized carbons (Fsp3) is 0.400. The Kier molecular flexibility index (Phi) is 7.37. The van der Waals surface area contributed by atoms with Crippen molar-refractivity contribution >= 4 is 35.4 Å². The van der Waals surface area contributed by atoms with Crippen LogP contribution in [0, 0.1) is 13.8 Å². The van der Waals surface area contributed by atoms with Gasteiger partial charge in [0.15, 0.2) is 5.60 Å². The second-order valence-electron chi connectivity index (χ2n) is 8.44. The van der Waals surface area contributed by atoms with Crippen LogP contribution in [0.15, 0.2) is 41.3 Å². The highest BCUT2D eigenvalue weighted by Crippen LogP contribution is 2.31. The van der Waals surface area contributed by atoms with Gasteiger partial charge in [-0.15, -0.1) is 11.8 Å². The number of aryl methyl sites for hydroxylation is 2. The van der Waals surface area contributed by atoms with E-state index in [-0.39, 0.29) is 31.6 Å². The summed E-state index contributed by atoms with van der Waals surface area (Å²) in [4.78, 5) is 41.7. The SMILES string of the molecule is CCOC(=O)C(C)(C)Oc1c(C)cc(CN2C(=O)CN(c3ccc(SC)cc3)C2=O)cc1C. The zero-order valence-electron chi connectivity index (χ0n) is 19.9. The number of thioether (sulfide) groups is 1. The van der Waals surface area contributed by atoms with Crippen molar-refractivity contribution in [1.82, 2.24) is 4.90 Å². The van der Waals surface area contributed by atoms with Crippen LogP contribution in [0.5, 0.6) is 5.75 Å². The van der Waals surface area contributed by atoms with E-state index in [0.717, 1.165) is 21.6 Å². The molecular weight excluding hydrogens is 440 g/mol. The fourth-order valence-corrected chi connectivity index (χ4v) is 4.15. The highest BCUT2D eigenvalue weighted by molar-refractivity contribution is 7.98. The number of carbonyl (C=O) groups excluding carboxylic acids is 3. The standard InChI is InChI=1S/C25H30N2O5S/c1-7-31-23(29)25(4,5)32-22-16(2)12-18(13-17(22)3)14-27-21(28)15-26(24(27)30)19-8-10-20(33-6)11-9-19/h8-13H,7,14-15H2,1-6H3. The number of amides is 3. The van der Waals surface area contributed by atoms with Crippen molar-refractivity contribution in [1.29, 1.82) is 0 Å². The number of benzene rings is 2. The van der Waals surface area contributed by atoms with Gasteiger partial charge in [-0.1, -0.05) is 12.1 Å². The monoisotopic (exact) mass is 470 g/mol.